The first-order valence-corrected chi connectivity index (χ1v) is 8.21. The second-order valence-electron chi connectivity index (χ2n) is 5.66. The molecule has 3 heterocycles. The van der Waals surface area contributed by atoms with E-state index >= 15 is 0 Å². The lowest BCUT2D eigenvalue weighted by atomic mass is 10.2. The van der Waals surface area contributed by atoms with E-state index in [1.54, 1.807) is 36.3 Å². The highest BCUT2D eigenvalue weighted by Gasteiger charge is 2.09. The Morgan fingerprint density at radius 1 is 1.20 bits per heavy atom. The number of amides is 2. The standard InChI is InChI=1S/C16H20N8O/c1-3-4-5-8-17-16(25)21-14-7-6-11-15(20-14)19-12(9-18-11)13-10-24(2)23-22-13/h6-7,9-10H,3-5,8H2,1-2H3,(H2,17,19,20,21,25). The minimum Gasteiger partial charge on any atom is -0.338 e. The number of anilines is 1. The Balaban J connectivity index is 1.73. The molecule has 0 unspecified atom stereocenters. The Kier molecular flexibility index (Phi) is 5.12. The van der Waals surface area contributed by atoms with Crippen molar-refractivity contribution in [1.82, 2.24) is 35.3 Å². The maximum Gasteiger partial charge on any atom is 0.320 e. The average Bonchev–Trinajstić information content (AvgIpc) is 3.04. The lowest BCUT2D eigenvalue weighted by Crippen LogP contribution is -2.29. The van der Waals surface area contributed by atoms with Gasteiger partial charge in [-0.3, -0.25) is 15.0 Å². The van der Waals surface area contributed by atoms with E-state index in [9.17, 15) is 4.79 Å². The molecule has 0 radical (unpaired) electrons. The van der Waals surface area contributed by atoms with Crippen LogP contribution in [-0.4, -0.2) is 42.5 Å². The molecule has 0 saturated carbocycles. The second-order valence-corrected chi connectivity index (χ2v) is 5.66. The van der Waals surface area contributed by atoms with E-state index in [2.05, 4.69) is 42.8 Å². The summed E-state index contributed by atoms with van der Waals surface area (Å²) in [4.78, 5) is 25.0. The fraction of sp³-hybridized carbons (Fsp3) is 0.375. The number of rotatable bonds is 6. The largest absolute Gasteiger partial charge is 0.338 e. The van der Waals surface area contributed by atoms with Gasteiger partial charge in [-0.1, -0.05) is 25.0 Å². The number of hydrogen-bond donors (Lipinski definition) is 2. The van der Waals surface area contributed by atoms with E-state index in [1.165, 1.54) is 0 Å². The van der Waals surface area contributed by atoms with Gasteiger partial charge in [0, 0.05) is 13.6 Å². The zero-order valence-corrected chi connectivity index (χ0v) is 14.2. The third-order valence-electron chi connectivity index (χ3n) is 3.58. The molecule has 0 bridgehead atoms. The van der Waals surface area contributed by atoms with Gasteiger partial charge in [-0.05, 0) is 18.6 Å². The van der Waals surface area contributed by atoms with Crippen LogP contribution in [-0.2, 0) is 7.05 Å². The molecular weight excluding hydrogens is 320 g/mol. The van der Waals surface area contributed by atoms with E-state index in [0.717, 1.165) is 19.3 Å². The number of fused-ring (bicyclic) bond motifs is 1. The van der Waals surface area contributed by atoms with Crippen molar-refractivity contribution in [3.8, 4) is 11.4 Å². The summed E-state index contributed by atoms with van der Waals surface area (Å²) in [5.74, 6) is 0.422. The third kappa shape index (κ3) is 4.25. The lowest BCUT2D eigenvalue weighted by Gasteiger charge is -2.07. The van der Waals surface area contributed by atoms with Crippen molar-refractivity contribution >= 4 is 23.0 Å². The topological polar surface area (TPSA) is 111 Å². The third-order valence-corrected chi connectivity index (χ3v) is 3.58. The minimum atomic E-state index is -0.277. The molecule has 0 atom stereocenters. The number of urea groups is 1. The number of aromatic nitrogens is 6. The Hall–Kier alpha value is -3.10. The van der Waals surface area contributed by atoms with Crippen LogP contribution in [0.3, 0.4) is 0 Å². The number of carbonyl (C=O) groups excluding carboxylic acids is 1. The van der Waals surface area contributed by atoms with E-state index in [0.29, 0.717) is 34.9 Å². The van der Waals surface area contributed by atoms with Gasteiger partial charge in [-0.2, -0.15) is 0 Å². The van der Waals surface area contributed by atoms with Crippen LogP contribution in [0.5, 0.6) is 0 Å². The zero-order valence-electron chi connectivity index (χ0n) is 14.2. The molecule has 2 N–H and O–H groups in total. The maximum absolute atomic E-state index is 11.9. The fourth-order valence-corrected chi connectivity index (χ4v) is 2.29. The lowest BCUT2D eigenvalue weighted by molar-refractivity contribution is 0.252. The van der Waals surface area contributed by atoms with Gasteiger partial charge in [-0.15, -0.1) is 5.10 Å². The molecule has 0 spiro atoms. The molecule has 0 aliphatic carbocycles. The molecule has 0 fully saturated rings. The summed E-state index contributed by atoms with van der Waals surface area (Å²) >= 11 is 0. The SMILES string of the molecule is CCCCCNC(=O)Nc1ccc2ncc(-c3cn(C)nn3)nc2n1. The summed E-state index contributed by atoms with van der Waals surface area (Å²) in [6.45, 7) is 2.76. The van der Waals surface area contributed by atoms with Gasteiger partial charge in [0.1, 0.15) is 22.7 Å². The first-order chi connectivity index (χ1) is 12.2. The van der Waals surface area contributed by atoms with Gasteiger partial charge in [0.25, 0.3) is 0 Å². The van der Waals surface area contributed by atoms with Crippen LogP contribution in [0.15, 0.2) is 24.5 Å². The van der Waals surface area contributed by atoms with E-state index < -0.39 is 0 Å². The normalized spacial score (nSPS) is 10.8. The van der Waals surface area contributed by atoms with Crippen LogP contribution < -0.4 is 10.6 Å². The average molecular weight is 340 g/mol. The molecule has 3 aromatic rings. The van der Waals surface area contributed by atoms with Crippen molar-refractivity contribution < 1.29 is 4.79 Å². The van der Waals surface area contributed by atoms with Gasteiger partial charge >= 0.3 is 6.03 Å². The van der Waals surface area contributed by atoms with Crippen LogP contribution in [0.1, 0.15) is 26.2 Å². The van der Waals surface area contributed by atoms with Gasteiger partial charge in [0.05, 0.1) is 12.4 Å². The van der Waals surface area contributed by atoms with Crippen LogP contribution in [0.4, 0.5) is 10.6 Å². The molecule has 3 rings (SSSR count). The predicted molar refractivity (Wildman–Crippen MR) is 93.9 cm³/mol. The first-order valence-electron chi connectivity index (χ1n) is 8.21. The number of nitrogens with zero attached hydrogens (tertiary/aromatic N) is 6. The number of carbonyl (C=O) groups is 1. The van der Waals surface area contributed by atoms with Crippen molar-refractivity contribution in [2.45, 2.75) is 26.2 Å². The maximum atomic E-state index is 11.9. The van der Waals surface area contributed by atoms with Gasteiger partial charge in [-0.25, -0.2) is 14.8 Å². The Morgan fingerprint density at radius 2 is 2.08 bits per heavy atom. The van der Waals surface area contributed by atoms with Gasteiger partial charge in [0.2, 0.25) is 0 Å². The molecule has 9 nitrogen and oxygen atoms in total. The molecule has 0 saturated heterocycles. The fourth-order valence-electron chi connectivity index (χ4n) is 2.29. The molecule has 130 valence electrons. The summed E-state index contributed by atoms with van der Waals surface area (Å²) in [6, 6.07) is 3.19. The summed E-state index contributed by atoms with van der Waals surface area (Å²) in [7, 11) is 1.78. The van der Waals surface area contributed by atoms with Crippen molar-refractivity contribution in [3.63, 3.8) is 0 Å². The Morgan fingerprint density at radius 3 is 2.84 bits per heavy atom. The highest BCUT2D eigenvalue weighted by atomic mass is 16.2. The summed E-state index contributed by atoms with van der Waals surface area (Å²) in [6.07, 6.45) is 6.54. The van der Waals surface area contributed by atoms with E-state index in [4.69, 9.17) is 0 Å². The van der Waals surface area contributed by atoms with Gasteiger partial charge in [0.15, 0.2) is 5.65 Å². The Labute approximate surface area is 144 Å². The van der Waals surface area contributed by atoms with Crippen molar-refractivity contribution in [1.29, 1.82) is 0 Å². The summed E-state index contributed by atoms with van der Waals surface area (Å²) in [5, 5.41) is 13.4. The summed E-state index contributed by atoms with van der Waals surface area (Å²) < 4.78 is 1.59. The molecule has 25 heavy (non-hydrogen) atoms. The summed E-state index contributed by atoms with van der Waals surface area (Å²) in [5.41, 5.74) is 2.27. The highest BCUT2D eigenvalue weighted by molar-refractivity contribution is 5.89. The van der Waals surface area contributed by atoms with Crippen LogP contribution >= 0.6 is 0 Å². The smallest absolute Gasteiger partial charge is 0.320 e. The molecular formula is C16H20N8O. The van der Waals surface area contributed by atoms with Crippen molar-refractivity contribution in [2.24, 2.45) is 7.05 Å². The van der Waals surface area contributed by atoms with Gasteiger partial charge < -0.3 is 5.32 Å². The van der Waals surface area contributed by atoms with E-state index in [-0.39, 0.29) is 6.03 Å². The number of nitrogens with one attached hydrogen (secondary N) is 2. The van der Waals surface area contributed by atoms with Crippen molar-refractivity contribution in [3.05, 3.63) is 24.5 Å². The quantitative estimate of drug-likeness (QED) is 0.665. The monoisotopic (exact) mass is 340 g/mol. The predicted octanol–water partition coefficient (Wildman–Crippen LogP) is 2.13. The highest BCUT2D eigenvalue weighted by Crippen LogP contribution is 2.17. The number of hydrogen-bond acceptors (Lipinski definition) is 6. The van der Waals surface area contributed by atoms with Crippen LogP contribution in [0, 0.1) is 0 Å². The number of aryl methyl sites for hydroxylation is 1. The van der Waals surface area contributed by atoms with Crippen LogP contribution in [0.2, 0.25) is 0 Å². The zero-order chi connectivity index (χ0) is 17.6. The second kappa shape index (κ2) is 7.65. The number of pyridine rings is 1. The Bertz CT molecular complexity index is 875. The van der Waals surface area contributed by atoms with Crippen LogP contribution in [0.25, 0.3) is 22.6 Å². The molecule has 0 aromatic carbocycles. The number of unbranched alkanes of at least 4 members (excludes halogenated alkanes) is 2. The molecule has 3 aromatic heterocycles. The molecule has 0 aliphatic heterocycles. The molecule has 0 aliphatic rings. The molecule has 2 amide bonds. The minimum absolute atomic E-state index is 0.277. The first kappa shape index (κ1) is 16.7. The van der Waals surface area contributed by atoms with Crippen molar-refractivity contribution in [2.75, 3.05) is 11.9 Å². The van der Waals surface area contributed by atoms with E-state index in [1.807, 2.05) is 0 Å². The molecule has 9 heteroatoms.